The van der Waals surface area contributed by atoms with Crippen LogP contribution in [0.25, 0.3) is 0 Å². The van der Waals surface area contributed by atoms with Crippen LogP contribution in [0.3, 0.4) is 0 Å². The molecule has 2 heteroatoms. The van der Waals surface area contributed by atoms with Gasteiger partial charge in [0.1, 0.15) is 12.4 Å². The third kappa shape index (κ3) is 4.17. The first-order valence-electron chi connectivity index (χ1n) is 5.08. The molecule has 1 rings (SSSR count). The summed E-state index contributed by atoms with van der Waals surface area (Å²) < 4.78 is 10.5. The molecule has 0 amide bonds. The summed E-state index contributed by atoms with van der Waals surface area (Å²) in [5.74, 6) is 0.947. The highest BCUT2D eigenvalue weighted by Crippen LogP contribution is 2.18. The molecule has 82 valence electrons. The fraction of sp³-hybridized carbons (Fsp3) is 0.385. The molecular formula is C13H18O2. The Labute approximate surface area is 91.5 Å². The molecule has 0 aliphatic heterocycles. The minimum atomic E-state index is 0.591. The average Bonchev–Trinajstić information content (AvgIpc) is 2.20. The van der Waals surface area contributed by atoms with Crippen molar-refractivity contribution in [3.63, 3.8) is 0 Å². The first-order valence-corrected chi connectivity index (χ1v) is 5.08. The molecule has 0 heterocycles. The summed E-state index contributed by atoms with van der Waals surface area (Å²) in [5, 5.41) is 0. The number of benzene rings is 1. The SMILES string of the molecule is COC/C=C/COc1ccc(C)cc1C. The van der Waals surface area contributed by atoms with Crippen LogP contribution in [0.5, 0.6) is 5.75 Å². The molecule has 0 fully saturated rings. The largest absolute Gasteiger partial charge is 0.489 e. The maximum absolute atomic E-state index is 5.60. The van der Waals surface area contributed by atoms with Gasteiger partial charge in [0.15, 0.2) is 0 Å². The van der Waals surface area contributed by atoms with Crippen LogP contribution >= 0.6 is 0 Å². The van der Waals surface area contributed by atoms with Gasteiger partial charge < -0.3 is 9.47 Å². The lowest BCUT2D eigenvalue weighted by Crippen LogP contribution is -1.96. The van der Waals surface area contributed by atoms with Crippen molar-refractivity contribution in [1.29, 1.82) is 0 Å². The molecule has 0 unspecified atom stereocenters. The van der Waals surface area contributed by atoms with Gasteiger partial charge >= 0.3 is 0 Å². The van der Waals surface area contributed by atoms with Gasteiger partial charge in [0.2, 0.25) is 0 Å². The van der Waals surface area contributed by atoms with Crippen LogP contribution in [-0.2, 0) is 4.74 Å². The van der Waals surface area contributed by atoms with E-state index in [-0.39, 0.29) is 0 Å². The molecule has 15 heavy (non-hydrogen) atoms. The van der Waals surface area contributed by atoms with Crippen LogP contribution in [0.4, 0.5) is 0 Å². The van der Waals surface area contributed by atoms with Crippen molar-refractivity contribution in [2.24, 2.45) is 0 Å². The predicted octanol–water partition coefficient (Wildman–Crippen LogP) is 2.88. The minimum absolute atomic E-state index is 0.591. The van der Waals surface area contributed by atoms with E-state index in [0.717, 1.165) is 5.75 Å². The molecule has 0 aliphatic rings. The van der Waals surface area contributed by atoms with E-state index in [9.17, 15) is 0 Å². The third-order valence-electron chi connectivity index (χ3n) is 2.10. The third-order valence-corrected chi connectivity index (χ3v) is 2.10. The molecular weight excluding hydrogens is 188 g/mol. The summed E-state index contributed by atoms with van der Waals surface area (Å²) in [5.41, 5.74) is 2.44. The molecule has 0 saturated heterocycles. The Morgan fingerprint density at radius 3 is 2.53 bits per heavy atom. The predicted molar refractivity (Wildman–Crippen MR) is 62.4 cm³/mol. The quantitative estimate of drug-likeness (QED) is 0.690. The summed E-state index contributed by atoms with van der Waals surface area (Å²) in [6.07, 6.45) is 3.91. The van der Waals surface area contributed by atoms with Gasteiger partial charge in [-0.3, -0.25) is 0 Å². The molecule has 0 saturated carbocycles. The molecule has 0 bridgehead atoms. The van der Waals surface area contributed by atoms with E-state index in [1.807, 2.05) is 18.2 Å². The van der Waals surface area contributed by atoms with E-state index in [2.05, 4.69) is 26.0 Å². The van der Waals surface area contributed by atoms with Crippen molar-refractivity contribution in [2.45, 2.75) is 13.8 Å². The first-order chi connectivity index (χ1) is 7.24. The van der Waals surface area contributed by atoms with Crippen molar-refractivity contribution in [3.8, 4) is 5.75 Å². The summed E-state index contributed by atoms with van der Waals surface area (Å²) in [4.78, 5) is 0. The van der Waals surface area contributed by atoms with E-state index < -0.39 is 0 Å². The minimum Gasteiger partial charge on any atom is -0.489 e. The van der Waals surface area contributed by atoms with Crippen LogP contribution in [0.2, 0.25) is 0 Å². The average molecular weight is 206 g/mol. The van der Waals surface area contributed by atoms with Crippen molar-refractivity contribution in [2.75, 3.05) is 20.3 Å². The summed E-state index contributed by atoms with van der Waals surface area (Å²) in [7, 11) is 1.68. The van der Waals surface area contributed by atoms with Crippen molar-refractivity contribution in [3.05, 3.63) is 41.5 Å². The van der Waals surface area contributed by atoms with Gasteiger partial charge in [-0.1, -0.05) is 23.8 Å². The van der Waals surface area contributed by atoms with Gasteiger partial charge in [0.25, 0.3) is 0 Å². The van der Waals surface area contributed by atoms with Gasteiger partial charge in [0.05, 0.1) is 6.61 Å². The maximum Gasteiger partial charge on any atom is 0.122 e. The second-order valence-electron chi connectivity index (χ2n) is 3.51. The number of ether oxygens (including phenoxy) is 2. The Morgan fingerprint density at radius 2 is 1.87 bits per heavy atom. The molecule has 2 nitrogen and oxygen atoms in total. The Kier molecular flexibility index (Phi) is 4.91. The Hall–Kier alpha value is -1.28. The highest BCUT2D eigenvalue weighted by atomic mass is 16.5. The molecule has 1 aromatic carbocycles. The standard InChI is InChI=1S/C13H18O2/c1-11-6-7-13(12(2)10-11)15-9-5-4-8-14-3/h4-7,10H,8-9H2,1-3H3/b5-4+. The lowest BCUT2D eigenvalue weighted by molar-refractivity contribution is 0.233. The molecule has 0 atom stereocenters. The number of aryl methyl sites for hydroxylation is 2. The van der Waals surface area contributed by atoms with Gasteiger partial charge in [0, 0.05) is 7.11 Å². The number of hydrogen-bond donors (Lipinski definition) is 0. The lowest BCUT2D eigenvalue weighted by Gasteiger charge is -2.07. The molecule has 0 spiro atoms. The van der Waals surface area contributed by atoms with Gasteiger partial charge in [-0.2, -0.15) is 0 Å². The van der Waals surface area contributed by atoms with Crippen LogP contribution in [-0.4, -0.2) is 20.3 Å². The van der Waals surface area contributed by atoms with E-state index >= 15 is 0 Å². The maximum atomic E-state index is 5.60. The Bertz CT molecular complexity index is 329. The summed E-state index contributed by atoms with van der Waals surface area (Å²) >= 11 is 0. The fourth-order valence-electron chi connectivity index (χ4n) is 1.33. The monoisotopic (exact) mass is 206 g/mol. The van der Waals surface area contributed by atoms with Crippen LogP contribution in [0.1, 0.15) is 11.1 Å². The van der Waals surface area contributed by atoms with Gasteiger partial charge in [-0.05, 0) is 31.6 Å². The van der Waals surface area contributed by atoms with E-state index in [1.54, 1.807) is 7.11 Å². The van der Waals surface area contributed by atoms with Crippen molar-refractivity contribution in [1.82, 2.24) is 0 Å². The van der Waals surface area contributed by atoms with E-state index in [0.29, 0.717) is 13.2 Å². The zero-order valence-electron chi connectivity index (χ0n) is 9.62. The van der Waals surface area contributed by atoms with Crippen molar-refractivity contribution < 1.29 is 9.47 Å². The van der Waals surface area contributed by atoms with Crippen LogP contribution in [0.15, 0.2) is 30.4 Å². The van der Waals surface area contributed by atoms with Crippen LogP contribution in [0, 0.1) is 13.8 Å². The molecule has 0 aromatic heterocycles. The first kappa shape index (κ1) is 11.8. The number of rotatable bonds is 5. The molecule has 0 aliphatic carbocycles. The summed E-state index contributed by atoms with van der Waals surface area (Å²) in [6.45, 7) is 5.36. The molecule has 0 radical (unpaired) electrons. The van der Waals surface area contributed by atoms with Crippen molar-refractivity contribution >= 4 is 0 Å². The van der Waals surface area contributed by atoms with E-state index in [4.69, 9.17) is 9.47 Å². The van der Waals surface area contributed by atoms with Crippen LogP contribution < -0.4 is 4.74 Å². The molecule has 1 aromatic rings. The topological polar surface area (TPSA) is 18.5 Å². The van der Waals surface area contributed by atoms with Gasteiger partial charge in [-0.15, -0.1) is 0 Å². The highest BCUT2D eigenvalue weighted by Gasteiger charge is 1.97. The Balaban J connectivity index is 2.44. The molecule has 0 N–H and O–H groups in total. The number of hydrogen-bond acceptors (Lipinski definition) is 2. The summed E-state index contributed by atoms with van der Waals surface area (Å²) in [6, 6.07) is 6.18. The zero-order valence-corrected chi connectivity index (χ0v) is 9.62. The smallest absolute Gasteiger partial charge is 0.122 e. The second kappa shape index (κ2) is 6.25. The van der Waals surface area contributed by atoms with Gasteiger partial charge in [-0.25, -0.2) is 0 Å². The Morgan fingerprint density at radius 1 is 1.13 bits per heavy atom. The van der Waals surface area contributed by atoms with E-state index in [1.165, 1.54) is 11.1 Å². The highest BCUT2D eigenvalue weighted by molar-refractivity contribution is 5.35. The lowest BCUT2D eigenvalue weighted by atomic mass is 10.1. The zero-order chi connectivity index (χ0) is 11.1. The number of methoxy groups -OCH3 is 1. The second-order valence-corrected chi connectivity index (χ2v) is 3.51. The normalized spacial score (nSPS) is 10.9. The fourth-order valence-corrected chi connectivity index (χ4v) is 1.33.